The molecule has 0 saturated heterocycles. The zero-order chi connectivity index (χ0) is 20.6. The molecule has 0 fully saturated rings. The Labute approximate surface area is 162 Å². The van der Waals surface area contributed by atoms with E-state index in [0.717, 1.165) is 23.3 Å². The van der Waals surface area contributed by atoms with Crippen molar-refractivity contribution in [2.24, 2.45) is 0 Å². The molecule has 7 nitrogen and oxygen atoms in total. The molecule has 0 atom stereocenters. The van der Waals surface area contributed by atoms with Crippen LogP contribution in [0.5, 0.6) is 5.75 Å². The van der Waals surface area contributed by atoms with Crippen molar-refractivity contribution >= 4 is 11.2 Å². The van der Waals surface area contributed by atoms with Gasteiger partial charge in [-0.3, -0.25) is 9.36 Å². The third kappa shape index (κ3) is 3.96. The maximum atomic E-state index is 12.7. The number of ether oxygens (including phenoxy) is 1. The van der Waals surface area contributed by atoms with Crippen LogP contribution < -0.4 is 10.3 Å². The zero-order valence-electron chi connectivity index (χ0n) is 15.1. The van der Waals surface area contributed by atoms with Gasteiger partial charge in [0, 0.05) is 0 Å². The second-order valence-corrected chi connectivity index (χ2v) is 6.38. The van der Waals surface area contributed by atoms with Crippen molar-refractivity contribution < 1.29 is 17.9 Å². The van der Waals surface area contributed by atoms with E-state index in [9.17, 15) is 18.0 Å². The smallest absolute Gasteiger partial charge is 0.406 e. The lowest BCUT2D eigenvalue weighted by atomic mass is 10.1. The van der Waals surface area contributed by atoms with E-state index in [4.69, 9.17) is 0 Å². The minimum Gasteiger partial charge on any atom is -0.406 e. The zero-order valence-corrected chi connectivity index (χ0v) is 15.1. The van der Waals surface area contributed by atoms with E-state index in [2.05, 4.69) is 20.0 Å². The lowest BCUT2D eigenvalue weighted by Crippen LogP contribution is -2.21. The van der Waals surface area contributed by atoms with Crippen LogP contribution in [-0.2, 0) is 6.54 Å². The van der Waals surface area contributed by atoms with Crippen LogP contribution >= 0.6 is 0 Å². The van der Waals surface area contributed by atoms with Gasteiger partial charge in [0.05, 0.1) is 12.2 Å². The Morgan fingerprint density at radius 3 is 2.38 bits per heavy atom. The molecule has 0 spiro atoms. The fraction of sp³-hybridized carbons (Fsp3) is 0.158. The number of halogens is 3. The van der Waals surface area contributed by atoms with Crippen LogP contribution in [-0.4, -0.2) is 30.9 Å². The van der Waals surface area contributed by atoms with Crippen LogP contribution in [0.4, 0.5) is 13.2 Å². The number of hydrogen-bond donors (Lipinski definition) is 0. The van der Waals surface area contributed by atoms with Gasteiger partial charge in [-0.25, -0.2) is 4.98 Å². The molecule has 0 aliphatic rings. The van der Waals surface area contributed by atoms with E-state index in [1.54, 1.807) is 0 Å². The molecule has 0 unspecified atom stereocenters. The summed E-state index contributed by atoms with van der Waals surface area (Å²) in [6.07, 6.45) is -3.38. The highest BCUT2D eigenvalue weighted by molar-refractivity contribution is 5.70. The van der Waals surface area contributed by atoms with E-state index < -0.39 is 6.36 Å². The molecule has 0 N–H and O–H groups in total. The van der Waals surface area contributed by atoms with Gasteiger partial charge in [-0.1, -0.05) is 35.0 Å². The molecular weight excluding hydrogens is 387 g/mol. The molecule has 4 aromatic rings. The minimum atomic E-state index is -4.77. The van der Waals surface area contributed by atoms with Crippen molar-refractivity contribution in [3.05, 3.63) is 76.3 Å². The van der Waals surface area contributed by atoms with Gasteiger partial charge in [0.15, 0.2) is 11.2 Å². The number of fused-ring (bicyclic) bond motifs is 1. The summed E-state index contributed by atoms with van der Waals surface area (Å²) in [5.74, 6) is -0.362. The molecule has 10 heteroatoms. The van der Waals surface area contributed by atoms with Crippen LogP contribution in [0, 0.1) is 6.92 Å². The molecule has 0 saturated carbocycles. The topological polar surface area (TPSA) is 74.8 Å². The van der Waals surface area contributed by atoms with Gasteiger partial charge >= 0.3 is 6.36 Å². The Bertz CT molecular complexity index is 1210. The second-order valence-electron chi connectivity index (χ2n) is 6.38. The minimum absolute atomic E-state index is 0.0650. The molecule has 2 heterocycles. The van der Waals surface area contributed by atoms with Gasteiger partial charge in [0.1, 0.15) is 12.1 Å². The quantitative estimate of drug-likeness (QED) is 0.525. The van der Waals surface area contributed by atoms with Crippen LogP contribution in [0.15, 0.2) is 59.7 Å². The second kappa shape index (κ2) is 7.04. The lowest BCUT2D eigenvalue weighted by Gasteiger charge is -2.09. The summed E-state index contributed by atoms with van der Waals surface area (Å²) >= 11 is 0. The first kappa shape index (κ1) is 18.7. The van der Waals surface area contributed by atoms with Gasteiger partial charge in [0.25, 0.3) is 5.56 Å². The van der Waals surface area contributed by atoms with Crippen LogP contribution in [0.25, 0.3) is 16.9 Å². The van der Waals surface area contributed by atoms with E-state index >= 15 is 0 Å². The molecule has 2 aromatic heterocycles. The van der Waals surface area contributed by atoms with E-state index in [1.165, 1.54) is 27.7 Å². The molecular formula is C19H14F3N5O2. The van der Waals surface area contributed by atoms with Crippen molar-refractivity contribution in [1.82, 2.24) is 24.5 Å². The highest BCUT2D eigenvalue weighted by Crippen LogP contribution is 2.24. The number of aryl methyl sites for hydroxylation is 1. The first-order chi connectivity index (χ1) is 13.8. The summed E-state index contributed by atoms with van der Waals surface area (Å²) in [7, 11) is 0. The van der Waals surface area contributed by atoms with E-state index in [1.807, 2.05) is 31.2 Å². The summed E-state index contributed by atoms with van der Waals surface area (Å²) in [6, 6.07) is 12.8. The van der Waals surface area contributed by atoms with Gasteiger partial charge in [-0.2, -0.15) is 4.68 Å². The van der Waals surface area contributed by atoms with Gasteiger partial charge < -0.3 is 4.74 Å². The standard InChI is InChI=1S/C19H14F3N5O2/c1-12-2-4-13(5-3-12)10-26-11-23-17-16(18(26)28)24-25-27(17)14-6-8-15(9-7-14)29-19(20,21)22/h2-9,11H,10H2,1H3. The highest BCUT2D eigenvalue weighted by atomic mass is 19.4. The monoisotopic (exact) mass is 401 g/mol. The molecule has 2 aromatic carbocycles. The summed E-state index contributed by atoms with van der Waals surface area (Å²) in [6.45, 7) is 2.31. The van der Waals surface area contributed by atoms with Crippen molar-refractivity contribution in [3.63, 3.8) is 0 Å². The summed E-state index contributed by atoms with van der Waals surface area (Å²) in [5.41, 5.74) is 2.36. The number of alkyl halides is 3. The predicted octanol–water partition coefficient (Wildman–Crippen LogP) is 3.23. The number of rotatable bonds is 4. The van der Waals surface area contributed by atoms with Crippen molar-refractivity contribution in [1.29, 1.82) is 0 Å². The third-order valence-corrected chi connectivity index (χ3v) is 4.22. The van der Waals surface area contributed by atoms with Crippen LogP contribution in [0.3, 0.4) is 0 Å². The molecule has 4 rings (SSSR count). The average molecular weight is 401 g/mol. The number of aromatic nitrogens is 5. The largest absolute Gasteiger partial charge is 0.573 e. The van der Waals surface area contributed by atoms with Crippen molar-refractivity contribution in [2.45, 2.75) is 19.8 Å². The number of nitrogens with zero attached hydrogens (tertiary/aromatic N) is 5. The molecule has 0 aliphatic carbocycles. The van der Waals surface area contributed by atoms with E-state index in [-0.39, 0.29) is 22.5 Å². The maximum Gasteiger partial charge on any atom is 0.573 e. The summed E-state index contributed by atoms with van der Waals surface area (Å²) in [4.78, 5) is 17.0. The maximum absolute atomic E-state index is 12.7. The molecule has 148 valence electrons. The van der Waals surface area contributed by atoms with Crippen LogP contribution in [0.1, 0.15) is 11.1 Å². The van der Waals surface area contributed by atoms with Crippen LogP contribution in [0.2, 0.25) is 0 Å². The molecule has 0 radical (unpaired) electrons. The Morgan fingerprint density at radius 2 is 1.72 bits per heavy atom. The Kier molecular flexibility index (Phi) is 4.53. The van der Waals surface area contributed by atoms with E-state index in [0.29, 0.717) is 12.2 Å². The average Bonchev–Trinajstić information content (AvgIpc) is 3.10. The summed E-state index contributed by atoms with van der Waals surface area (Å²) in [5, 5.41) is 7.82. The SMILES string of the molecule is Cc1ccc(Cn2cnc3c(nnn3-c3ccc(OC(F)(F)F)cc3)c2=O)cc1. The Morgan fingerprint density at radius 1 is 1.03 bits per heavy atom. The predicted molar refractivity (Wildman–Crippen MR) is 97.9 cm³/mol. The Balaban J connectivity index is 1.65. The number of hydrogen-bond acceptors (Lipinski definition) is 5. The molecule has 0 bridgehead atoms. The number of benzene rings is 2. The normalized spacial score (nSPS) is 11.7. The third-order valence-electron chi connectivity index (χ3n) is 4.22. The highest BCUT2D eigenvalue weighted by Gasteiger charge is 2.31. The van der Waals surface area contributed by atoms with Gasteiger partial charge in [0.2, 0.25) is 0 Å². The van der Waals surface area contributed by atoms with Crippen molar-refractivity contribution in [2.75, 3.05) is 0 Å². The lowest BCUT2D eigenvalue weighted by molar-refractivity contribution is -0.274. The fourth-order valence-corrected chi connectivity index (χ4v) is 2.81. The molecule has 29 heavy (non-hydrogen) atoms. The molecule has 0 aliphatic heterocycles. The van der Waals surface area contributed by atoms with Gasteiger partial charge in [-0.15, -0.1) is 18.3 Å². The first-order valence-electron chi connectivity index (χ1n) is 8.53. The fourth-order valence-electron chi connectivity index (χ4n) is 2.81. The summed E-state index contributed by atoms with van der Waals surface area (Å²) < 4.78 is 43.4. The Hall–Kier alpha value is -3.69. The van der Waals surface area contributed by atoms with Crippen molar-refractivity contribution in [3.8, 4) is 11.4 Å². The first-order valence-corrected chi connectivity index (χ1v) is 8.53. The van der Waals surface area contributed by atoms with Gasteiger partial charge in [-0.05, 0) is 36.8 Å². The molecule has 0 amide bonds.